The standard InChI is InChI=1S/C14H13ClN2O2S2/c15-13-7-8-14(20-13)21(18,19)17-10-12-5-2-1-4-11(12)6-3-9-16/h1-2,4-5,7-8,17H,9-10,16H2. The molecule has 1 aromatic heterocycles. The van der Waals surface area contributed by atoms with Crippen LogP contribution in [0.1, 0.15) is 11.1 Å². The topological polar surface area (TPSA) is 72.2 Å². The summed E-state index contributed by atoms with van der Waals surface area (Å²) in [6.07, 6.45) is 0. The number of halogens is 1. The second-order valence-electron chi connectivity index (χ2n) is 4.05. The first-order valence-electron chi connectivity index (χ1n) is 6.05. The van der Waals surface area contributed by atoms with E-state index >= 15 is 0 Å². The van der Waals surface area contributed by atoms with Crippen LogP contribution in [0.25, 0.3) is 0 Å². The maximum atomic E-state index is 12.1. The molecule has 0 unspecified atom stereocenters. The van der Waals surface area contributed by atoms with Crippen LogP contribution in [0, 0.1) is 11.8 Å². The monoisotopic (exact) mass is 340 g/mol. The van der Waals surface area contributed by atoms with Crippen molar-refractivity contribution in [2.24, 2.45) is 5.73 Å². The summed E-state index contributed by atoms with van der Waals surface area (Å²) in [6, 6.07) is 10.4. The van der Waals surface area contributed by atoms with E-state index in [1.54, 1.807) is 6.07 Å². The largest absolute Gasteiger partial charge is 0.320 e. The maximum Gasteiger partial charge on any atom is 0.250 e. The molecule has 1 heterocycles. The molecule has 21 heavy (non-hydrogen) atoms. The average Bonchev–Trinajstić information content (AvgIpc) is 2.91. The van der Waals surface area contributed by atoms with Crippen LogP contribution >= 0.6 is 22.9 Å². The third-order valence-electron chi connectivity index (χ3n) is 2.61. The van der Waals surface area contributed by atoms with Crippen molar-refractivity contribution in [2.75, 3.05) is 6.54 Å². The van der Waals surface area contributed by atoms with Crippen LogP contribution in [-0.4, -0.2) is 15.0 Å². The van der Waals surface area contributed by atoms with Gasteiger partial charge in [0.2, 0.25) is 10.0 Å². The SMILES string of the molecule is NCC#Cc1ccccc1CNS(=O)(=O)c1ccc(Cl)s1. The van der Waals surface area contributed by atoms with Crippen LogP contribution < -0.4 is 10.5 Å². The zero-order chi connectivity index (χ0) is 15.3. The minimum absolute atomic E-state index is 0.160. The Kier molecular flexibility index (Phi) is 5.39. The number of hydrogen-bond donors (Lipinski definition) is 2. The summed E-state index contributed by atoms with van der Waals surface area (Å²) in [5.41, 5.74) is 6.91. The van der Waals surface area contributed by atoms with Crippen molar-refractivity contribution in [3.05, 3.63) is 51.9 Å². The molecule has 1 aromatic carbocycles. The summed E-state index contributed by atoms with van der Waals surface area (Å²) in [6.45, 7) is 0.418. The van der Waals surface area contributed by atoms with E-state index in [1.807, 2.05) is 24.3 Å². The van der Waals surface area contributed by atoms with E-state index in [2.05, 4.69) is 16.6 Å². The van der Waals surface area contributed by atoms with Gasteiger partial charge in [-0.05, 0) is 23.8 Å². The number of nitrogens with one attached hydrogen (secondary N) is 1. The van der Waals surface area contributed by atoms with E-state index in [0.717, 1.165) is 22.5 Å². The average molecular weight is 341 g/mol. The molecule has 110 valence electrons. The molecule has 2 rings (SSSR count). The molecule has 0 radical (unpaired) electrons. The van der Waals surface area contributed by atoms with E-state index in [-0.39, 0.29) is 17.3 Å². The van der Waals surface area contributed by atoms with Gasteiger partial charge in [-0.2, -0.15) is 0 Å². The molecule has 0 atom stereocenters. The fourth-order valence-corrected chi connectivity index (χ4v) is 4.16. The Bertz CT molecular complexity index is 789. The van der Waals surface area contributed by atoms with Crippen LogP contribution in [0.5, 0.6) is 0 Å². The maximum absolute atomic E-state index is 12.1. The first-order chi connectivity index (χ1) is 10.0. The summed E-state index contributed by atoms with van der Waals surface area (Å²) in [7, 11) is -3.56. The Hall–Kier alpha value is -1.36. The highest BCUT2D eigenvalue weighted by atomic mass is 35.5. The minimum Gasteiger partial charge on any atom is -0.320 e. The summed E-state index contributed by atoms with van der Waals surface area (Å²) in [5, 5.41) is 0. The number of thiophene rings is 1. The van der Waals surface area contributed by atoms with Crippen LogP contribution in [0.4, 0.5) is 0 Å². The van der Waals surface area contributed by atoms with E-state index in [4.69, 9.17) is 17.3 Å². The Morgan fingerprint density at radius 3 is 2.67 bits per heavy atom. The van der Waals surface area contributed by atoms with Gasteiger partial charge in [-0.1, -0.05) is 41.6 Å². The number of nitrogens with two attached hydrogens (primary N) is 1. The van der Waals surface area contributed by atoms with Crippen molar-refractivity contribution in [1.29, 1.82) is 0 Å². The van der Waals surface area contributed by atoms with Crippen LogP contribution in [0.15, 0.2) is 40.6 Å². The molecule has 0 fully saturated rings. The summed E-state index contributed by atoms with van der Waals surface area (Å²) in [4.78, 5) is 0. The van der Waals surface area contributed by atoms with Crippen molar-refractivity contribution in [3.8, 4) is 11.8 Å². The van der Waals surface area contributed by atoms with Crippen molar-refractivity contribution < 1.29 is 8.42 Å². The predicted molar refractivity (Wildman–Crippen MR) is 85.7 cm³/mol. The molecule has 0 aliphatic rings. The molecule has 3 N–H and O–H groups in total. The summed E-state index contributed by atoms with van der Waals surface area (Å²) in [5.74, 6) is 5.69. The second kappa shape index (κ2) is 7.07. The van der Waals surface area contributed by atoms with Gasteiger partial charge < -0.3 is 5.73 Å². The molecule has 4 nitrogen and oxygen atoms in total. The highest BCUT2D eigenvalue weighted by molar-refractivity contribution is 7.91. The quantitative estimate of drug-likeness (QED) is 0.838. The van der Waals surface area contributed by atoms with Gasteiger partial charge in [0.05, 0.1) is 10.9 Å². The molecule has 0 aliphatic carbocycles. The Morgan fingerprint density at radius 1 is 1.24 bits per heavy atom. The first-order valence-corrected chi connectivity index (χ1v) is 8.72. The molecule has 0 saturated carbocycles. The van der Waals surface area contributed by atoms with Gasteiger partial charge in [-0.3, -0.25) is 0 Å². The highest BCUT2D eigenvalue weighted by Crippen LogP contribution is 2.25. The van der Waals surface area contributed by atoms with Crippen LogP contribution in [0.3, 0.4) is 0 Å². The smallest absolute Gasteiger partial charge is 0.250 e. The van der Waals surface area contributed by atoms with E-state index in [1.165, 1.54) is 6.07 Å². The lowest BCUT2D eigenvalue weighted by molar-refractivity contribution is 0.583. The molecule has 7 heteroatoms. The summed E-state index contributed by atoms with van der Waals surface area (Å²) >= 11 is 6.78. The number of benzene rings is 1. The first kappa shape index (κ1) is 16.0. The Labute approximate surface area is 133 Å². The lowest BCUT2D eigenvalue weighted by Gasteiger charge is -2.06. The Balaban J connectivity index is 2.17. The molecule has 0 bridgehead atoms. The third-order valence-corrected chi connectivity index (χ3v) is 5.73. The fraction of sp³-hybridized carbons (Fsp3) is 0.143. The predicted octanol–water partition coefficient (Wildman–Crippen LogP) is 2.19. The molecular formula is C14H13ClN2O2S2. The minimum atomic E-state index is -3.56. The molecule has 0 saturated heterocycles. The molecule has 0 amide bonds. The van der Waals surface area contributed by atoms with Gasteiger partial charge in [-0.25, -0.2) is 13.1 Å². The second-order valence-corrected chi connectivity index (χ2v) is 7.76. The van der Waals surface area contributed by atoms with Crippen molar-refractivity contribution in [2.45, 2.75) is 10.8 Å². The zero-order valence-electron chi connectivity index (χ0n) is 11.0. The number of hydrogen-bond acceptors (Lipinski definition) is 4. The fourth-order valence-electron chi connectivity index (χ4n) is 1.63. The van der Waals surface area contributed by atoms with E-state index in [0.29, 0.717) is 4.34 Å². The van der Waals surface area contributed by atoms with Crippen LogP contribution in [0.2, 0.25) is 4.34 Å². The zero-order valence-corrected chi connectivity index (χ0v) is 13.4. The van der Waals surface area contributed by atoms with Crippen molar-refractivity contribution >= 4 is 33.0 Å². The lowest BCUT2D eigenvalue weighted by atomic mass is 10.1. The van der Waals surface area contributed by atoms with Gasteiger partial charge in [0.25, 0.3) is 0 Å². The van der Waals surface area contributed by atoms with E-state index in [9.17, 15) is 8.42 Å². The molecule has 0 aliphatic heterocycles. The molecular weight excluding hydrogens is 328 g/mol. The van der Waals surface area contributed by atoms with Crippen molar-refractivity contribution in [3.63, 3.8) is 0 Å². The summed E-state index contributed by atoms with van der Waals surface area (Å²) < 4.78 is 27.4. The van der Waals surface area contributed by atoms with Gasteiger partial charge >= 0.3 is 0 Å². The highest BCUT2D eigenvalue weighted by Gasteiger charge is 2.16. The van der Waals surface area contributed by atoms with Gasteiger partial charge in [0, 0.05) is 12.1 Å². The number of sulfonamides is 1. The lowest BCUT2D eigenvalue weighted by Crippen LogP contribution is -2.22. The van der Waals surface area contributed by atoms with E-state index < -0.39 is 10.0 Å². The van der Waals surface area contributed by atoms with Gasteiger partial charge in [0.1, 0.15) is 4.21 Å². The normalized spacial score (nSPS) is 11.0. The number of rotatable bonds is 4. The molecule has 0 spiro atoms. The van der Waals surface area contributed by atoms with Crippen molar-refractivity contribution in [1.82, 2.24) is 4.72 Å². The van der Waals surface area contributed by atoms with Gasteiger partial charge in [-0.15, -0.1) is 11.3 Å². The molecule has 2 aromatic rings. The third kappa shape index (κ3) is 4.30. The van der Waals surface area contributed by atoms with Gasteiger partial charge in [0.15, 0.2) is 0 Å². The van der Waals surface area contributed by atoms with Crippen LogP contribution in [-0.2, 0) is 16.6 Å². The Morgan fingerprint density at radius 2 is 2.00 bits per heavy atom.